The molecule has 1 N–H and O–H groups in total. The fraction of sp³-hybridized carbons (Fsp3) is 0.688. The van der Waals surface area contributed by atoms with E-state index in [1.54, 1.807) is 0 Å². The molecule has 1 atom stereocenters. The van der Waals surface area contributed by atoms with Gasteiger partial charge in [-0.25, -0.2) is 0 Å². The number of hydrogen-bond donors (Lipinski definition) is 1. The van der Waals surface area contributed by atoms with Gasteiger partial charge in [0.15, 0.2) is 0 Å². The van der Waals surface area contributed by atoms with Crippen LogP contribution in [0.15, 0.2) is 24.5 Å². The van der Waals surface area contributed by atoms with Gasteiger partial charge in [0.2, 0.25) is 0 Å². The molecule has 1 saturated heterocycles. The quantitative estimate of drug-likeness (QED) is 0.885. The normalized spacial score (nSPS) is 27.5. The second-order valence-electron chi connectivity index (χ2n) is 6.34. The van der Waals surface area contributed by atoms with Crippen molar-refractivity contribution in [2.45, 2.75) is 57.2 Å². The summed E-state index contributed by atoms with van der Waals surface area (Å²) in [6, 6.07) is 4.85. The molecule has 1 saturated carbocycles. The van der Waals surface area contributed by atoms with Crippen LogP contribution in [0.3, 0.4) is 0 Å². The van der Waals surface area contributed by atoms with Crippen molar-refractivity contribution in [1.82, 2.24) is 15.2 Å². The average molecular weight is 259 g/mol. The van der Waals surface area contributed by atoms with Crippen molar-refractivity contribution in [2.75, 3.05) is 13.1 Å². The van der Waals surface area contributed by atoms with E-state index in [2.05, 4.69) is 28.2 Å². The van der Waals surface area contributed by atoms with E-state index < -0.39 is 0 Å². The molecule has 0 radical (unpaired) electrons. The van der Waals surface area contributed by atoms with Crippen LogP contribution in [0.1, 0.15) is 44.6 Å². The van der Waals surface area contributed by atoms with E-state index in [0.717, 1.165) is 13.1 Å². The Morgan fingerprint density at radius 2 is 2.21 bits per heavy atom. The van der Waals surface area contributed by atoms with Crippen LogP contribution in [0, 0.1) is 0 Å². The molecule has 19 heavy (non-hydrogen) atoms. The Balaban J connectivity index is 1.69. The van der Waals surface area contributed by atoms with E-state index in [9.17, 15) is 0 Å². The summed E-state index contributed by atoms with van der Waals surface area (Å²) in [5.74, 6) is 0. The zero-order chi connectivity index (χ0) is 13.1. The second kappa shape index (κ2) is 5.59. The smallest absolute Gasteiger partial charge is 0.0312 e. The van der Waals surface area contributed by atoms with Crippen molar-refractivity contribution in [3.63, 3.8) is 0 Å². The highest BCUT2D eigenvalue weighted by molar-refractivity contribution is 5.10. The Labute approximate surface area is 116 Å². The zero-order valence-electron chi connectivity index (χ0n) is 11.9. The molecule has 1 spiro atoms. The maximum atomic E-state index is 4.24. The lowest BCUT2D eigenvalue weighted by Gasteiger charge is -2.49. The topological polar surface area (TPSA) is 28.2 Å². The molecule has 1 aromatic heterocycles. The van der Waals surface area contributed by atoms with Crippen molar-refractivity contribution in [2.24, 2.45) is 0 Å². The maximum Gasteiger partial charge on any atom is 0.0312 e. The first-order valence-corrected chi connectivity index (χ1v) is 7.65. The van der Waals surface area contributed by atoms with Crippen molar-refractivity contribution < 1.29 is 0 Å². The van der Waals surface area contributed by atoms with Crippen LogP contribution in [-0.4, -0.2) is 34.6 Å². The van der Waals surface area contributed by atoms with Gasteiger partial charge in [0.1, 0.15) is 0 Å². The fourth-order valence-electron chi connectivity index (χ4n) is 3.60. The van der Waals surface area contributed by atoms with Gasteiger partial charge in [0.25, 0.3) is 0 Å². The largest absolute Gasteiger partial charge is 0.308 e. The third-order valence-corrected chi connectivity index (χ3v) is 4.82. The standard InChI is InChI=1S/C16H25N3/c1-14-10-18-16(7-3-2-4-8-16)13-19(14)12-15-6-5-9-17-11-15/h5-6,9,11,14,18H,2-4,7-8,10,12-13H2,1H3. The number of rotatable bonds is 2. The number of piperazine rings is 1. The van der Waals surface area contributed by atoms with Gasteiger partial charge < -0.3 is 5.32 Å². The van der Waals surface area contributed by atoms with Crippen LogP contribution >= 0.6 is 0 Å². The summed E-state index contributed by atoms with van der Waals surface area (Å²) in [5.41, 5.74) is 1.73. The van der Waals surface area contributed by atoms with Crippen molar-refractivity contribution in [1.29, 1.82) is 0 Å². The summed E-state index contributed by atoms with van der Waals surface area (Å²) in [5, 5.41) is 3.84. The van der Waals surface area contributed by atoms with Gasteiger partial charge in [-0.15, -0.1) is 0 Å². The van der Waals surface area contributed by atoms with Crippen molar-refractivity contribution in [3.8, 4) is 0 Å². The van der Waals surface area contributed by atoms with Crippen LogP contribution in [-0.2, 0) is 6.54 Å². The summed E-state index contributed by atoms with van der Waals surface area (Å²) in [4.78, 5) is 6.87. The predicted octanol–water partition coefficient (Wildman–Crippen LogP) is 2.58. The number of pyridine rings is 1. The summed E-state index contributed by atoms with van der Waals surface area (Å²) >= 11 is 0. The van der Waals surface area contributed by atoms with E-state index in [1.807, 2.05) is 18.5 Å². The number of aromatic nitrogens is 1. The van der Waals surface area contributed by atoms with E-state index in [0.29, 0.717) is 11.6 Å². The van der Waals surface area contributed by atoms with E-state index in [4.69, 9.17) is 0 Å². The third kappa shape index (κ3) is 2.98. The molecule has 0 bridgehead atoms. The highest BCUT2D eigenvalue weighted by atomic mass is 15.2. The first-order valence-electron chi connectivity index (χ1n) is 7.65. The summed E-state index contributed by atoms with van der Waals surface area (Å²) in [7, 11) is 0. The van der Waals surface area contributed by atoms with Crippen LogP contribution in [0.2, 0.25) is 0 Å². The number of nitrogens with one attached hydrogen (secondary N) is 1. The lowest BCUT2D eigenvalue weighted by Crippen LogP contribution is -2.63. The summed E-state index contributed by atoms with van der Waals surface area (Å²) in [6.07, 6.45) is 10.8. The Morgan fingerprint density at radius 1 is 1.37 bits per heavy atom. The Kier molecular flexibility index (Phi) is 3.85. The van der Waals surface area contributed by atoms with Gasteiger partial charge in [-0.1, -0.05) is 25.3 Å². The average Bonchev–Trinajstić information content (AvgIpc) is 2.45. The minimum atomic E-state index is 0.396. The van der Waals surface area contributed by atoms with Gasteiger partial charge in [-0.3, -0.25) is 9.88 Å². The molecule has 2 aliphatic rings. The lowest BCUT2D eigenvalue weighted by molar-refractivity contribution is 0.0572. The monoisotopic (exact) mass is 259 g/mol. The molecule has 0 amide bonds. The molecule has 3 heteroatoms. The molecule has 1 unspecified atom stereocenters. The van der Waals surface area contributed by atoms with Crippen LogP contribution < -0.4 is 5.32 Å². The van der Waals surface area contributed by atoms with Gasteiger partial charge in [-0.2, -0.15) is 0 Å². The van der Waals surface area contributed by atoms with E-state index in [-0.39, 0.29) is 0 Å². The van der Waals surface area contributed by atoms with Crippen molar-refractivity contribution >= 4 is 0 Å². The molecular weight excluding hydrogens is 234 g/mol. The number of nitrogens with zero attached hydrogens (tertiary/aromatic N) is 2. The molecule has 104 valence electrons. The summed E-state index contributed by atoms with van der Waals surface area (Å²) < 4.78 is 0. The highest BCUT2D eigenvalue weighted by Crippen LogP contribution is 2.32. The lowest BCUT2D eigenvalue weighted by atomic mass is 9.79. The molecule has 1 aliphatic carbocycles. The molecule has 1 aromatic rings. The number of hydrogen-bond acceptors (Lipinski definition) is 3. The zero-order valence-corrected chi connectivity index (χ0v) is 11.9. The Bertz CT molecular complexity index is 398. The first kappa shape index (κ1) is 13.1. The minimum Gasteiger partial charge on any atom is -0.308 e. The maximum absolute atomic E-state index is 4.24. The highest BCUT2D eigenvalue weighted by Gasteiger charge is 2.38. The Hall–Kier alpha value is -0.930. The van der Waals surface area contributed by atoms with E-state index >= 15 is 0 Å². The fourth-order valence-corrected chi connectivity index (χ4v) is 3.60. The second-order valence-corrected chi connectivity index (χ2v) is 6.34. The summed E-state index contributed by atoms with van der Waals surface area (Å²) in [6.45, 7) is 5.70. The molecular formula is C16H25N3. The SMILES string of the molecule is CC1CNC2(CCCCC2)CN1Cc1cccnc1. The van der Waals surface area contributed by atoms with Gasteiger partial charge in [0, 0.05) is 43.6 Å². The van der Waals surface area contributed by atoms with Gasteiger partial charge >= 0.3 is 0 Å². The van der Waals surface area contributed by atoms with Gasteiger partial charge in [0.05, 0.1) is 0 Å². The van der Waals surface area contributed by atoms with Gasteiger partial charge in [-0.05, 0) is 31.4 Å². The molecule has 1 aliphatic heterocycles. The minimum absolute atomic E-state index is 0.396. The molecule has 2 fully saturated rings. The van der Waals surface area contributed by atoms with Crippen LogP contribution in [0.4, 0.5) is 0 Å². The molecule has 3 nitrogen and oxygen atoms in total. The predicted molar refractivity (Wildman–Crippen MR) is 77.9 cm³/mol. The first-order chi connectivity index (χ1) is 9.27. The van der Waals surface area contributed by atoms with Crippen molar-refractivity contribution in [3.05, 3.63) is 30.1 Å². The molecule has 2 heterocycles. The van der Waals surface area contributed by atoms with Crippen LogP contribution in [0.25, 0.3) is 0 Å². The third-order valence-electron chi connectivity index (χ3n) is 4.82. The van der Waals surface area contributed by atoms with E-state index in [1.165, 1.54) is 44.2 Å². The van der Waals surface area contributed by atoms with Crippen LogP contribution in [0.5, 0.6) is 0 Å². The molecule has 0 aromatic carbocycles. The molecule has 3 rings (SSSR count). The Morgan fingerprint density at radius 3 is 2.95 bits per heavy atom.